The van der Waals surface area contributed by atoms with Crippen LogP contribution in [-0.2, 0) is 9.47 Å². The normalized spacial score (nSPS) is 28.6. The van der Waals surface area contributed by atoms with Crippen LogP contribution in [0.15, 0.2) is 11.8 Å². The second-order valence-electron chi connectivity index (χ2n) is 4.27. The van der Waals surface area contributed by atoms with Crippen LogP contribution in [0.5, 0.6) is 0 Å². The maximum atomic E-state index is 5.64. The Morgan fingerprint density at radius 3 is 2.64 bits per heavy atom. The first-order valence-corrected chi connectivity index (χ1v) is 5.90. The molecule has 14 heavy (non-hydrogen) atoms. The number of ether oxygens (including phenoxy) is 2. The average Bonchev–Trinajstić information content (AvgIpc) is 2.29. The molecule has 1 heterocycles. The van der Waals surface area contributed by atoms with E-state index in [0.717, 1.165) is 13.0 Å². The number of rotatable bonds is 2. The van der Waals surface area contributed by atoms with Gasteiger partial charge >= 0.3 is 0 Å². The summed E-state index contributed by atoms with van der Waals surface area (Å²) in [7, 11) is 0. The Bertz CT molecular complexity index is 184. The highest BCUT2D eigenvalue weighted by molar-refractivity contribution is 5.00. The van der Waals surface area contributed by atoms with Gasteiger partial charge in [0.1, 0.15) is 0 Å². The monoisotopic (exact) mass is 196 g/mol. The average molecular weight is 196 g/mol. The summed E-state index contributed by atoms with van der Waals surface area (Å²) in [5.74, 6) is 0. The van der Waals surface area contributed by atoms with Crippen LogP contribution in [0.25, 0.3) is 0 Å². The third-order valence-corrected chi connectivity index (χ3v) is 3.02. The van der Waals surface area contributed by atoms with Gasteiger partial charge in [-0.15, -0.1) is 0 Å². The molecule has 1 saturated heterocycles. The van der Waals surface area contributed by atoms with Crippen LogP contribution in [0.3, 0.4) is 0 Å². The van der Waals surface area contributed by atoms with Crippen molar-refractivity contribution in [3.8, 4) is 0 Å². The molecule has 0 aromatic carbocycles. The van der Waals surface area contributed by atoms with E-state index in [4.69, 9.17) is 9.47 Å². The molecule has 2 rings (SSSR count). The van der Waals surface area contributed by atoms with Crippen LogP contribution in [0, 0.1) is 0 Å². The highest BCUT2D eigenvalue weighted by Gasteiger charge is 2.14. The third kappa shape index (κ3) is 3.02. The first-order valence-electron chi connectivity index (χ1n) is 5.90. The quantitative estimate of drug-likeness (QED) is 0.630. The molecule has 2 fully saturated rings. The number of hydrogen-bond acceptors (Lipinski definition) is 2. The summed E-state index contributed by atoms with van der Waals surface area (Å²) < 4.78 is 11.1. The van der Waals surface area contributed by atoms with E-state index in [1.807, 2.05) is 6.26 Å². The van der Waals surface area contributed by atoms with Crippen molar-refractivity contribution in [3.05, 3.63) is 11.8 Å². The maximum absolute atomic E-state index is 5.64. The lowest BCUT2D eigenvalue weighted by Gasteiger charge is -2.23. The summed E-state index contributed by atoms with van der Waals surface area (Å²) in [6, 6.07) is 0. The van der Waals surface area contributed by atoms with Crippen LogP contribution < -0.4 is 0 Å². The van der Waals surface area contributed by atoms with Crippen LogP contribution in [0.2, 0.25) is 0 Å². The van der Waals surface area contributed by atoms with E-state index in [0.29, 0.717) is 0 Å². The van der Waals surface area contributed by atoms with Gasteiger partial charge in [-0.3, -0.25) is 0 Å². The summed E-state index contributed by atoms with van der Waals surface area (Å²) in [6.45, 7) is 0.869. The molecule has 2 heteroatoms. The van der Waals surface area contributed by atoms with Crippen molar-refractivity contribution in [2.24, 2.45) is 0 Å². The van der Waals surface area contributed by atoms with Crippen molar-refractivity contribution < 1.29 is 9.47 Å². The molecule has 1 aliphatic heterocycles. The minimum absolute atomic E-state index is 0.0400. The number of hydrogen-bond donors (Lipinski definition) is 0. The van der Waals surface area contributed by atoms with Crippen LogP contribution in [0.4, 0.5) is 0 Å². The molecule has 0 bridgehead atoms. The van der Waals surface area contributed by atoms with Gasteiger partial charge in [-0.25, -0.2) is 0 Å². The lowest BCUT2D eigenvalue weighted by molar-refractivity contribution is -0.130. The summed E-state index contributed by atoms with van der Waals surface area (Å²) in [6.07, 6.45) is 12.0. The molecular formula is C12H20O2. The highest BCUT2D eigenvalue weighted by Crippen LogP contribution is 2.23. The Kier molecular flexibility index (Phi) is 3.87. The topological polar surface area (TPSA) is 18.5 Å². The van der Waals surface area contributed by atoms with Gasteiger partial charge in [0.2, 0.25) is 0 Å². The Labute approximate surface area is 86.3 Å². The van der Waals surface area contributed by atoms with E-state index in [2.05, 4.69) is 0 Å². The summed E-state index contributed by atoms with van der Waals surface area (Å²) >= 11 is 0. The highest BCUT2D eigenvalue weighted by atomic mass is 16.7. The zero-order valence-electron chi connectivity index (χ0n) is 8.84. The van der Waals surface area contributed by atoms with Gasteiger partial charge in [-0.2, -0.15) is 0 Å². The smallest absolute Gasteiger partial charge is 0.198 e. The summed E-state index contributed by atoms with van der Waals surface area (Å²) in [5, 5.41) is 0. The Hall–Kier alpha value is -0.500. The standard InChI is InChI=1S/C12H20O2/c1-2-6-11(7-3-1)10-14-12-8-4-5-9-13-12/h10,12H,1-9H2. The molecule has 0 radical (unpaired) electrons. The van der Waals surface area contributed by atoms with Crippen molar-refractivity contribution in [2.45, 2.75) is 57.7 Å². The van der Waals surface area contributed by atoms with Gasteiger partial charge < -0.3 is 9.47 Å². The summed E-state index contributed by atoms with van der Waals surface area (Å²) in [5.41, 5.74) is 1.48. The molecule has 1 atom stereocenters. The second-order valence-corrected chi connectivity index (χ2v) is 4.27. The van der Waals surface area contributed by atoms with Crippen molar-refractivity contribution in [3.63, 3.8) is 0 Å². The number of allylic oxidation sites excluding steroid dienone is 1. The van der Waals surface area contributed by atoms with Gasteiger partial charge in [-0.05, 0) is 44.1 Å². The predicted molar refractivity (Wildman–Crippen MR) is 55.8 cm³/mol. The fourth-order valence-electron chi connectivity index (χ4n) is 2.11. The minimum Gasteiger partial charge on any atom is -0.473 e. The molecule has 0 amide bonds. The van der Waals surface area contributed by atoms with Crippen molar-refractivity contribution in [1.29, 1.82) is 0 Å². The zero-order valence-corrected chi connectivity index (χ0v) is 8.84. The minimum atomic E-state index is 0.0400. The molecule has 0 aromatic heterocycles. The first-order chi connectivity index (χ1) is 6.95. The molecule has 2 nitrogen and oxygen atoms in total. The van der Waals surface area contributed by atoms with Gasteiger partial charge in [0.15, 0.2) is 6.29 Å². The van der Waals surface area contributed by atoms with Crippen molar-refractivity contribution in [2.75, 3.05) is 6.61 Å². The van der Waals surface area contributed by atoms with Gasteiger partial charge in [-0.1, -0.05) is 6.42 Å². The summed E-state index contributed by atoms with van der Waals surface area (Å²) in [4.78, 5) is 0. The molecular weight excluding hydrogens is 176 g/mol. The molecule has 2 aliphatic rings. The van der Waals surface area contributed by atoms with Gasteiger partial charge in [0, 0.05) is 6.42 Å². The van der Waals surface area contributed by atoms with Crippen LogP contribution in [0.1, 0.15) is 51.4 Å². The second kappa shape index (κ2) is 5.40. The van der Waals surface area contributed by atoms with Gasteiger partial charge in [0.05, 0.1) is 12.9 Å². The van der Waals surface area contributed by atoms with E-state index in [9.17, 15) is 0 Å². The van der Waals surface area contributed by atoms with E-state index in [1.165, 1.54) is 50.5 Å². The molecule has 80 valence electrons. The van der Waals surface area contributed by atoms with E-state index in [1.54, 1.807) is 0 Å². The van der Waals surface area contributed by atoms with E-state index < -0.39 is 0 Å². The molecule has 0 N–H and O–H groups in total. The van der Waals surface area contributed by atoms with Crippen LogP contribution >= 0.6 is 0 Å². The Morgan fingerprint density at radius 2 is 1.93 bits per heavy atom. The Balaban J connectivity index is 1.73. The van der Waals surface area contributed by atoms with E-state index >= 15 is 0 Å². The Morgan fingerprint density at radius 1 is 1.07 bits per heavy atom. The fourth-order valence-corrected chi connectivity index (χ4v) is 2.11. The maximum Gasteiger partial charge on any atom is 0.198 e. The van der Waals surface area contributed by atoms with Crippen LogP contribution in [-0.4, -0.2) is 12.9 Å². The fraction of sp³-hybridized carbons (Fsp3) is 0.833. The van der Waals surface area contributed by atoms with Gasteiger partial charge in [0.25, 0.3) is 0 Å². The molecule has 1 aliphatic carbocycles. The molecule has 0 spiro atoms. The van der Waals surface area contributed by atoms with Crippen molar-refractivity contribution in [1.82, 2.24) is 0 Å². The predicted octanol–water partition coefficient (Wildman–Crippen LogP) is 3.38. The molecule has 0 aromatic rings. The first kappa shape index (κ1) is 10.0. The third-order valence-electron chi connectivity index (χ3n) is 3.02. The molecule has 1 unspecified atom stereocenters. The van der Waals surface area contributed by atoms with Crippen molar-refractivity contribution >= 4 is 0 Å². The largest absolute Gasteiger partial charge is 0.473 e. The molecule has 1 saturated carbocycles. The lowest BCUT2D eigenvalue weighted by Crippen LogP contribution is -2.20. The zero-order chi connectivity index (χ0) is 9.64. The van der Waals surface area contributed by atoms with E-state index in [-0.39, 0.29) is 6.29 Å². The SMILES string of the molecule is C(OC1CCCCO1)=C1CCCCC1. The lowest BCUT2D eigenvalue weighted by atomic mass is 9.96.